The molecule has 0 N–H and O–H groups in total. The fourth-order valence-electron chi connectivity index (χ4n) is 10.2. The van der Waals surface area contributed by atoms with E-state index in [-0.39, 0.29) is 0 Å². The highest BCUT2D eigenvalue weighted by molar-refractivity contribution is 5.95. The number of para-hydroxylation sites is 2. The van der Waals surface area contributed by atoms with Gasteiger partial charge in [0.2, 0.25) is 0 Å². The van der Waals surface area contributed by atoms with E-state index in [1.807, 2.05) is 6.08 Å². The summed E-state index contributed by atoms with van der Waals surface area (Å²) < 4.78 is 0. The zero-order chi connectivity index (χ0) is 50.2. The molecule has 356 valence electrons. The first-order chi connectivity index (χ1) is 36.5. The molecule has 0 amide bonds. The normalized spacial score (nSPS) is 15.3. The number of hydrogen-bond acceptors (Lipinski definition) is 3. The van der Waals surface area contributed by atoms with Crippen molar-refractivity contribution < 1.29 is 0 Å². The second-order valence-corrected chi connectivity index (χ2v) is 18.6. The molecule has 1 atom stereocenters. The molecule has 11 rings (SSSR count). The first-order valence-electron chi connectivity index (χ1n) is 25.4. The minimum Gasteiger partial charge on any atom is -0.317 e. The van der Waals surface area contributed by atoms with Crippen LogP contribution in [0.2, 0.25) is 0 Å². The monoisotopic (exact) mass is 951 g/mol. The van der Waals surface area contributed by atoms with Crippen LogP contribution in [0.5, 0.6) is 0 Å². The lowest BCUT2D eigenvalue weighted by Gasteiger charge is -2.29. The van der Waals surface area contributed by atoms with E-state index in [1.165, 1.54) is 22.4 Å². The van der Waals surface area contributed by atoms with Crippen LogP contribution < -0.4 is 14.7 Å². The molecule has 3 heteroatoms. The summed E-state index contributed by atoms with van der Waals surface area (Å²) in [6.45, 7) is 10.9. The van der Waals surface area contributed by atoms with E-state index in [0.717, 1.165) is 90.8 Å². The molecule has 0 fully saturated rings. The van der Waals surface area contributed by atoms with Crippen molar-refractivity contribution in [2.75, 3.05) is 14.7 Å². The molecule has 0 saturated carbocycles. The van der Waals surface area contributed by atoms with Gasteiger partial charge >= 0.3 is 0 Å². The van der Waals surface area contributed by atoms with Crippen LogP contribution in [0.3, 0.4) is 0 Å². The molecule has 1 aliphatic carbocycles. The Balaban J connectivity index is 0.940. The minimum atomic E-state index is 0.359. The van der Waals surface area contributed by atoms with Gasteiger partial charge in [0.05, 0.1) is 5.69 Å². The minimum absolute atomic E-state index is 0.359. The summed E-state index contributed by atoms with van der Waals surface area (Å²) in [6, 6.07) is 82.5. The van der Waals surface area contributed by atoms with Crippen molar-refractivity contribution in [3.8, 4) is 22.3 Å². The lowest BCUT2D eigenvalue weighted by Crippen LogP contribution is -2.17. The van der Waals surface area contributed by atoms with Crippen LogP contribution in [0.25, 0.3) is 45.6 Å². The van der Waals surface area contributed by atoms with E-state index in [0.29, 0.717) is 5.92 Å². The molecule has 0 spiro atoms. The van der Waals surface area contributed by atoms with Crippen LogP contribution >= 0.6 is 0 Å². The van der Waals surface area contributed by atoms with E-state index in [1.54, 1.807) is 0 Å². The molecular weight excluding hydrogens is 895 g/mol. The molecule has 74 heavy (non-hydrogen) atoms. The second-order valence-electron chi connectivity index (χ2n) is 18.6. The SMILES string of the molecule is C=Cc1ccc(N2/C=C\C(c3ccc(N(c4ccccc4)c4ccc(-c5ccccc5)cc4)cc3)=C/C(=C)c3cc(-c4ccc(N(C5=CCC(c6ccccc6)C=C5)c5ccccc5)cc4)ccc32)cc1/C=C\C. The summed E-state index contributed by atoms with van der Waals surface area (Å²) >= 11 is 0. The number of benzene rings is 9. The summed E-state index contributed by atoms with van der Waals surface area (Å²) in [4.78, 5) is 6.96. The van der Waals surface area contributed by atoms with Gasteiger partial charge in [-0.25, -0.2) is 0 Å². The van der Waals surface area contributed by atoms with Gasteiger partial charge in [0.25, 0.3) is 0 Å². The molecule has 0 bridgehead atoms. The van der Waals surface area contributed by atoms with Crippen molar-refractivity contribution in [2.24, 2.45) is 0 Å². The molecule has 1 aliphatic heterocycles. The van der Waals surface area contributed by atoms with Gasteiger partial charge in [0, 0.05) is 57.5 Å². The fraction of sp³-hybridized carbons (Fsp3) is 0.0423. The Morgan fingerprint density at radius 1 is 0.500 bits per heavy atom. The number of rotatable bonds is 13. The lowest BCUT2D eigenvalue weighted by molar-refractivity contribution is 0.840. The Morgan fingerprint density at radius 2 is 1.03 bits per heavy atom. The first-order valence-corrected chi connectivity index (χ1v) is 25.4. The van der Waals surface area contributed by atoms with Crippen LogP contribution in [0.4, 0.5) is 39.8 Å². The highest BCUT2D eigenvalue weighted by Gasteiger charge is 2.21. The van der Waals surface area contributed by atoms with Crippen molar-refractivity contribution in [1.29, 1.82) is 0 Å². The predicted octanol–water partition coefficient (Wildman–Crippen LogP) is 19.7. The number of nitrogens with zero attached hydrogens (tertiary/aromatic N) is 3. The highest BCUT2D eigenvalue weighted by atomic mass is 15.2. The van der Waals surface area contributed by atoms with E-state index in [2.05, 4.69) is 307 Å². The van der Waals surface area contributed by atoms with Crippen molar-refractivity contribution in [3.63, 3.8) is 0 Å². The largest absolute Gasteiger partial charge is 0.317 e. The molecule has 0 radical (unpaired) electrons. The fourth-order valence-corrected chi connectivity index (χ4v) is 10.2. The zero-order valence-corrected chi connectivity index (χ0v) is 41.7. The lowest BCUT2D eigenvalue weighted by atomic mass is 9.91. The summed E-state index contributed by atoms with van der Waals surface area (Å²) in [6.07, 6.45) is 20.7. The highest BCUT2D eigenvalue weighted by Crippen LogP contribution is 2.42. The third kappa shape index (κ3) is 9.92. The molecule has 0 aromatic heterocycles. The Morgan fingerprint density at radius 3 is 1.62 bits per heavy atom. The van der Waals surface area contributed by atoms with Crippen LogP contribution in [-0.4, -0.2) is 0 Å². The molecule has 1 unspecified atom stereocenters. The van der Waals surface area contributed by atoms with Gasteiger partial charge in [-0.2, -0.15) is 0 Å². The zero-order valence-electron chi connectivity index (χ0n) is 41.7. The van der Waals surface area contributed by atoms with Gasteiger partial charge in [-0.3, -0.25) is 0 Å². The number of anilines is 7. The summed E-state index contributed by atoms with van der Waals surface area (Å²) in [5, 5.41) is 0. The van der Waals surface area contributed by atoms with Gasteiger partial charge in [-0.05, 0) is 172 Å². The molecule has 9 aromatic carbocycles. The first kappa shape index (κ1) is 46.9. The quantitative estimate of drug-likeness (QED) is 0.114. The van der Waals surface area contributed by atoms with Crippen molar-refractivity contribution in [1.82, 2.24) is 0 Å². The average molecular weight is 952 g/mol. The second kappa shape index (κ2) is 21.5. The maximum absolute atomic E-state index is 4.78. The van der Waals surface area contributed by atoms with Crippen molar-refractivity contribution in [3.05, 3.63) is 320 Å². The number of allylic oxidation sites excluding steroid dienone is 8. The van der Waals surface area contributed by atoms with E-state index in [4.69, 9.17) is 6.58 Å². The van der Waals surface area contributed by atoms with E-state index >= 15 is 0 Å². The molecule has 2 aliphatic rings. The van der Waals surface area contributed by atoms with Gasteiger partial charge < -0.3 is 14.7 Å². The third-order valence-corrected chi connectivity index (χ3v) is 14.0. The molecule has 0 saturated heterocycles. The topological polar surface area (TPSA) is 9.72 Å². The van der Waals surface area contributed by atoms with Crippen LogP contribution in [-0.2, 0) is 0 Å². The molecule has 9 aromatic rings. The van der Waals surface area contributed by atoms with Gasteiger partial charge in [0.1, 0.15) is 0 Å². The van der Waals surface area contributed by atoms with Crippen LogP contribution in [0.1, 0.15) is 47.1 Å². The maximum atomic E-state index is 4.78. The van der Waals surface area contributed by atoms with E-state index in [9.17, 15) is 0 Å². The smallest absolute Gasteiger partial charge is 0.0534 e. The number of fused-ring (bicyclic) bond motifs is 1. The Bertz CT molecular complexity index is 3580. The number of hydrogen-bond donors (Lipinski definition) is 0. The van der Waals surface area contributed by atoms with Crippen LogP contribution in [0.15, 0.2) is 292 Å². The summed E-state index contributed by atoms with van der Waals surface area (Å²) in [5.74, 6) is 0.359. The van der Waals surface area contributed by atoms with E-state index < -0.39 is 0 Å². The Hall–Kier alpha value is -9.44. The Kier molecular flexibility index (Phi) is 13.6. The maximum Gasteiger partial charge on any atom is 0.0534 e. The van der Waals surface area contributed by atoms with Gasteiger partial charge in [0.15, 0.2) is 0 Å². The Labute approximate surface area is 437 Å². The molecular formula is C71H57N3. The molecule has 3 nitrogen and oxygen atoms in total. The molecule has 1 heterocycles. The summed E-state index contributed by atoms with van der Waals surface area (Å²) in [5.41, 5.74) is 21.0. The standard InChI is InChI=1S/C71H57N3/c1-4-18-60-50-69(45-27-53(60)5-2)72-48-47-62(59-34-43-68(44-35-59)74(64-25-16-9-17-26-64)66-39-30-57(31-40-66)55-21-12-7-13-22-55)49-52(3)70-51-61(36-46-71(70)72)58-32-41-67(42-33-58)73(63-23-14-8-15-24-63)65-37-28-56(29-38-65)54-19-10-6-11-20-54/h4-28,30-51,56H,2-3,29H2,1H3/b18-4-,48-47-,62-49+. The van der Waals surface area contributed by atoms with Crippen molar-refractivity contribution >= 4 is 63.1 Å². The van der Waals surface area contributed by atoms with Crippen LogP contribution in [0, 0.1) is 0 Å². The average Bonchev–Trinajstić information content (AvgIpc) is 3.46. The van der Waals surface area contributed by atoms with Gasteiger partial charge in [-0.1, -0.05) is 189 Å². The predicted molar refractivity (Wildman–Crippen MR) is 318 cm³/mol. The van der Waals surface area contributed by atoms with Crippen molar-refractivity contribution in [2.45, 2.75) is 19.3 Å². The summed E-state index contributed by atoms with van der Waals surface area (Å²) in [7, 11) is 0. The van der Waals surface area contributed by atoms with Gasteiger partial charge in [-0.15, -0.1) is 0 Å². The third-order valence-electron chi connectivity index (χ3n) is 14.0.